The lowest BCUT2D eigenvalue weighted by molar-refractivity contribution is -0.139. The van der Waals surface area contributed by atoms with Gasteiger partial charge in [-0.05, 0) is 25.7 Å². The zero-order valence-electron chi connectivity index (χ0n) is 12.0. The van der Waals surface area contributed by atoms with Gasteiger partial charge >= 0.3 is 11.9 Å². The zero-order valence-corrected chi connectivity index (χ0v) is 12.0. The number of aliphatic carboxylic acids is 1. The fourth-order valence-electron chi connectivity index (χ4n) is 2.62. The Morgan fingerprint density at radius 1 is 1.48 bits per heavy atom. The van der Waals surface area contributed by atoms with Crippen molar-refractivity contribution in [1.82, 2.24) is 4.98 Å². The smallest absolute Gasteiger partial charge is 0.360 e. The van der Waals surface area contributed by atoms with Gasteiger partial charge in [-0.2, -0.15) is 4.98 Å². The highest BCUT2D eigenvalue weighted by molar-refractivity contribution is 5.87. The first-order chi connectivity index (χ1) is 10.1. The molecule has 0 radical (unpaired) electrons. The van der Waals surface area contributed by atoms with Crippen LogP contribution < -0.4 is 5.32 Å². The van der Waals surface area contributed by atoms with Gasteiger partial charge in [0.15, 0.2) is 5.69 Å². The number of ether oxygens (including phenoxy) is 1. The van der Waals surface area contributed by atoms with Crippen molar-refractivity contribution in [1.29, 1.82) is 0 Å². The van der Waals surface area contributed by atoms with Crippen LogP contribution in [0.25, 0.3) is 0 Å². The van der Waals surface area contributed by atoms with Gasteiger partial charge in [-0.25, -0.2) is 9.59 Å². The van der Waals surface area contributed by atoms with Crippen LogP contribution in [0.4, 0.5) is 6.01 Å². The van der Waals surface area contributed by atoms with E-state index in [4.69, 9.17) is 9.15 Å². The van der Waals surface area contributed by atoms with Crippen molar-refractivity contribution in [3.05, 3.63) is 12.0 Å². The van der Waals surface area contributed by atoms with Crippen molar-refractivity contribution < 1.29 is 23.8 Å². The van der Waals surface area contributed by atoms with Crippen molar-refractivity contribution in [3.8, 4) is 0 Å². The number of rotatable bonds is 6. The van der Waals surface area contributed by atoms with Crippen LogP contribution in [-0.2, 0) is 9.53 Å². The number of carbonyl (C=O) groups is 2. The lowest BCUT2D eigenvalue weighted by Gasteiger charge is -2.27. The van der Waals surface area contributed by atoms with E-state index in [0.717, 1.165) is 32.1 Å². The van der Waals surface area contributed by atoms with Crippen LogP contribution in [0.5, 0.6) is 0 Å². The largest absolute Gasteiger partial charge is 0.480 e. The Morgan fingerprint density at radius 3 is 2.81 bits per heavy atom. The monoisotopic (exact) mass is 296 g/mol. The summed E-state index contributed by atoms with van der Waals surface area (Å²) in [6.45, 7) is 1.94. The maximum Gasteiger partial charge on any atom is 0.360 e. The molecule has 1 heterocycles. The molecule has 2 rings (SSSR count). The topological polar surface area (TPSA) is 102 Å². The maximum atomic E-state index is 11.5. The Balaban J connectivity index is 2.03. The summed E-state index contributed by atoms with van der Waals surface area (Å²) in [6.07, 6.45) is 6.13. The molecule has 0 aliphatic heterocycles. The third kappa shape index (κ3) is 3.96. The van der Waals surface area contributed by atoms with E-state index in [0.29, 0.717) is 0 Å². The molecule has 1 aliphatic rings. The number of carboxylic acid groups (broad SMARTS) is 1. The van der Waals surface area contributed by atoms with Crippen LogP contribution >= 0.6 is 0 Å². The number of nitrogens with zero attached hydrogens (tertiary/aromatic N) is 1. The number of aromatic nitrogens is 1. The van der Waals surface area contributed by atoms with Crippen LogP contribution in [0.3, 0.4) is 0 Å². The number of hydrogen-bond donors (Lipinski definition) is 2. The minimum Gasteiger partial charge on any atom is -0.480 e. The molecule has 21 heavy (non-hydrogen) atoms. The first kappa shape index (κ1) is 15.3. The van der Waals surface area contributed by atoms with E-state index in [2.05, 4.69) is 10.3 Å². The molecule has 0 bridgehead atoms. The highest BCUT2D eigenvalue weighted by Gasteiger charge is 2.30. The molecule has 1 atom stereocenters. The van der Waals surface area contributed by atoms with Crippen molar-refractivity contribution in [2.24, 2.45) is 5.92 Å². The summed E-state index contributed by atoms with van der Waals surface area (Å²) in [4.78, 5) is 26.8. The summed E-state index contributed by atoms with van der Waals surface area (Å²) in [6, 6.07) is -0.713. The quantitative estimate of drug-likeness (QED) is 0.776. The summed E-state index contributed by atoms with van der Waals surface area (Å²) < 4.78 is 9.92. The van der Waals surface area contributed by atoms with Gasteiger partial charge in [-0.1, -0.05) is 19.3 Å². The van der Waals surface area contributed by atoms with Crippen molar-refractivity contribution in [3.63, 3.8) is 0 Å². The van der Waals surface area contributed by atoms with E-state index >= 15 is 0 Å². The molecule has 7 heteroatoms. The van der Waals surface area contributed by atoms with E-state index in [-0.39, 0.29) is 24.2 Å². The van der Waals surface area contributed by atoms with Crippen molar-refractivity contribution >= 4 is 18.0 Å². The molecule has 1 saturated carbocycles. The lowest BCUT2D eigenvalue weighted by Crippen LogP contribution is -2.38. The molecular formula is C14H20N2O5. The fraction of sp³-hybridized carbons (Fsp3) is 0.643. The average Bonchev–Trinajstić information content (AvgIpc) is 2.94. The Morgan fingerprint density at radius 2 is 2.19 bits per heavy atom. The van der Waals surface area contributed by atoms with E-state index < -0.39 is 18.0 Å². The second-order valence-electron chi connectivity index (χ2n) is 5.12. The molecule has 0 amide bonds. The Labute approximate surface area is 122 Å². The lowest BCUT2D eigenvalue weighted by atomic mass is 9.84. The van der Waals surface area contributed by atoms with Crippen LogP contribution in [0.1, 0.15) is 49.5 Å². The SMILES string of the molecule is CCOC(=O)c1coc(NC(C(=O)O)C2CCCCC2)n1. The fourth-order valence-corrected chi connectivity index (χ4v) is 2.62. The van der Waals surface area contributed by atoms with E-state index in [1.54, 1.807) is 6.92 Å². The predicted molar refractivity (Wildman–Crippen MR) is 74.1 cm³/mol. The third-order valence-corrected chi connectivity index (χ3v) is 3.66. The second-order valence-corrected chi connectivity index (χ2v) is 5.12. The number of nitrogens with one attached hydrogen (secondary N) is 1. The van der Waals surface area contributed by atoms with Gasteiger partial charge in [0.05, 0.1) is 6.61 Å². The van der Waals surface area contributed by atoms with Gasteiger partial charge in [-0.15, -0.1) is 0 Å². The van der Waals surface area contributed by atoms with E-state index in [1.165, 1.54) is 6.26 Å². The van der Waals surface area contributed by atoms with Crippen LogP contribution in [-0.4, -0.2) is 34.7 Å². The standard InChI is InChI=1S/C14H20N2O5/c1-2-20-13(19)10-8-21-14(15-10)16-11(12(17)18)9-6-4-3-5-7-9/h8-9,11H,2-7H2,1H3,(H,15,16)(H,17,18). The Bertz CT molecular complexity index is 493. The highest BCUT2D eigenvalue weighted by Crippen LogP contribution is 2.28. The Hall–Kier alpha value is -2.05. The van der Waals surface area contributed by atoms with E-state index in [1.807, 2.05) is 0 Å². The summed E-state index contributed by atoms with van der Waals surface area (Å²) in [5.74, 6) is -1.47. The number of anilines is 1. The number of carbonyl (C=O) groups excluding carboxylic acids is 1. The summed E-state index contributed by atoms with van der Waals surface area (Å²) in [5, 5.41) is 12.1. The van der Waals surface area contributed by atoms with Gasteiger partial charge in [-0.3, -0.25) is 0 Å². The minimum atomic E-state index is -0.933. The normalized spacial score (nSPS) is 17.2. The average molecular weight is 296 g/mol. The van der Waals surface area contributed by atoms with Gasteiger partial charge in [0, 0.05) is 0 Å². The molecule has 2 N–H and O–H groups in total. The molecule has 1 aromatic heterocycles. The summed E-state index contributed by atoms with van der Waals surface area (Å²) in [7, 11) is 0. The first-order valence-electron chi connectivity index (χ1n) is 7.23. The maximum absolute atomic E-state index is 11.5. The molecule has 0 spiro atoms. The second kappa shape index (κ2) is 7.10. The molecule has 116 valence electrons. The molecule has 1 fully saturated rings. The number of esters is 1. The third-order valence-electron chi connectivity index (χ3n) is 3.66. The van der Waals surface area contributed by atoms with Gasteiger partial charge < -0.3 is 19.6 Å². The molecule has 1 aliphatic carbocycles. The van der Waals surface area contributed by atoms with E-state index in [9.17, 15) is 14.7 Å². The Kier molecular flexibility index (Phi) is 5.19. The summed E-state index contributed by atoms with van der Waals surface area (Å²) >= 11 is 0. The zero-order chi connectivity index (χ0) is 15.2. The molecule has 1 aromatic rings. The molecule has 0 aromatic carbocycles. The van der Waals surface area contributed by atoms with Gasteiger partial charge in [0.2, 0.25) is 0 Å². The minimum absolute atomic E-state index is 0.0344. The molecular weight excluding hydrogens is 276 g/mol. The highest BCUT2D eigenvalue weighted by atomic mass is 16.5. The summed E-state index contributed by atoms with van der Waals surface area (Å²) in [5.41, 5.74) is 0.0344. The van der Waals surface area contributed by atoms with Gasteiger partial charge in [0.25, 0.3) is 6.01 Å². The van der Waals surface area contributed by atoms with Crippen molar-refractivity contribution in [2.75, 3.05) is 11.9 Å². The van der Waals surface area contributed by atoms with Gasteiger partial charge in [0.1, 0.15) is 12.3 Å². The molecule has 1 unspecified atom stereocenters. The van der Waals surface area contributed by atoms with Crippen LogP contribution in [0.15, 0.2) is 10.7 Å². The molecule has 0 saturated heterocycles. The van der Waals surface area contributed by atoms with Crippen LogP contribution in [0, 0.1) is 5.92 Å². The predicted octanol–water partition coefficient (Wildman–Crippen LogP) is 2.30. The van der Waals surface area contributed by atoms with Crippen LogP contribution in [0.2, 0.25) is 0 Å². The number of oxazole rings is 1. The number of hydrogen-bond acceptors (Lipinski definition) is 6. The molecule has 7 nitrogen and oxygen atoms in total. The number of carboxylic acids is 1. The van der Waals surface area contributed by atoms with Crippen molar-refractivity contribution in [2.45, 2.75) is 45.1 Å². The first-order valence-corrected chi connectivity index (χ1v) is 7.23.